The minimum Gasteiger partial charge on any atom is -0.452 e. The fraction of sp³-hybridized carbons (Fsp3) is 0.0909. The molecule has 0 aliphatic rings. The van der Waals surface area contributed by atoms with Gasteiger partial charge in [0.25, 0.3) is 0 Å². The molecule has 5 heteroatoms. The monoisotopic (exact) mass is 366 g/mol. The van der Waals surface area contributed by atoms with E-state index in [1.54, 1.807) is 24.3 Å². The van der Waals surface area contributed by atoms with E-state index >= 15 is 0 Å². The number of benzene rings is 1. The average molecular weight is 368 g/mol. The summed E-state index contributed by atoms with van der Waals surface area (Å²) in [4.78, 5) is 0. The highest BCUT2D eigenvalue weighted by molar-refractivity contribution is 9.10. The maximum absolute atomic E-state index is 13.0. The molecule has 2 aromatic rings. The zero-order valence-corrected chi connectivity index (χ0v) is 11.8. The van der Waals surface area contributed by atoms with Gasteiger partial charge in [-0.15, -0.1) is 11.6 Å². The number of hydrogen-bond acceptors (Lipinski definition) is 1. The molecule has 16 heavy (non-hydrogen) atoms. The van der Waals surface area contributed by atoms with Gasteiger partial charge in [-0.1, -0.05) is 6.07 Å². The van der Waals surface area contributed by atoms with Crippen LogP contribution in [0, 0.1) is 5.82 Å². The van der Waals surface area contributed by atoms with E-state index in [0.717, 1.165) is 5.56 Å². The largest absolute Gasteiger partial charge is 0.452 e. The zero-order valence-electron chi connectivity index (χ0n) is 7.88. The second-order valence-electron chi connectivity index (χ2n) is 3.18. The molecule has 0 aliphatic carbocycles. The normalized spacial score (nSPS) is 12.8. The molecule has 0 spiro atoms. The van der Waals surface area contributed by atoms with Crippen LogP contribution >= 0.6 is 43.5 Å². The topological polar surface area (TPSA) is 13.1 Å². The van der Waals surface area contributed by atoms with Gasteiger partial charge in [0.05, 0.1) is 4.47 Å². The Morgan fingerprint density at radius 2 is 1.94 bits per heavy atom. The molecule has 0 radical (unpaired) electrons. The Balaban J connectivity index is 2.33. The third-order valence-electron chi connectivity index (χ3n) is 2.08. The van der Waals surface area contributed by atoms with E-state index in [1.807, 2.05) is 0 Å². The number of furan rings is 1. The average Bonchev–Trinajstić information content (AvgIpc) is 2.68. The Bertz CT molecular complexity index is 512. The summed E-state index contributed by atoms with van der Waals surface area (Å²) in [6.07, 6.45) is 0. The summed E-state index contributed by atoms with van der Waals surface area (Å²) < 4.78 is 19.4. The number of rotatable bonds is 2. The quantitative estimate of drug-likeness (QED) is 0.658. The third kappa shape index (κ3) is 2.50. The fourth-order valence-electron chi connectivity index (χ4n) is 1.30. The van der Waals surface area contributed by atoms with Crippen LogP contribution in [0.25, 0.3) is 0 Å². The van der Waals surface area contributed by atoms with Crippen LogP contribution in [0.4, 0.5) is 4.39 Å². The SMILES string of the molecule is Fc1ccc(C(Cl)c2ccc(Br)o2)cc1Br. The van der Waals surface area contributed by atoms with Crippen LogP contribution in [0.3, 0.4) is 0 Å². The molecule has 2 rings (SSSR count). The fourth-order valence-corrected chi connectivity index (χ4v) is 2.27. The van der Waals surface area contributed by atoms with Gasteiger partial charge < -0.3 is 4.42 Å². The van der Waals surface area contributed by atoms with Crippen molar-refractivity contribution in [2.24, 2.45) is 0 Å². The van der Waals surface area contributed by atoms with Gasteiger partial charge in [-0.2, -0.15) is 0 Å². The second kappa shape index (κ2) is 4.90. The Kier molecular flexibility index (Phi) is 3.72. The molecule has 1 heterocycles. The summed E-state index contributed by atoms with van der Waals surface area (Å²) in [5.74, 6) is 0.306. The van der Waals surface area contributed by atoms with Crippen molar-refractivity contribution in [1.82, 2.24) is 0 Å². The smallest absolute Gasteiger partial charge is 0.169 e. The number of halogens is 4. The summed E-state index contributed by atoms with van der Waals surface area (Å²) in [6, 6.07) is 8.19. The molecule has 1 unspecified atom stereocenters. The number of alkyl halides is 1. The molecule has 1 nitrogen and oxygen atoms in total. The van der Waals surface area contributed by atoms with Gasteiger partial charge in [0, 0.05) is 0 Å². The van der Waals surface area contributed by atoms with Gasteiger partial charge >= 0.3 is 0 Å². The van der Waals surface area contributed by atoms with Crippen LogP contribution in [0.5, 0.6) is 0 Å². The lowest BCUT2D eigenvalue weighted by molar-refractivity contribution is 0.494. The molecule has 0 fully saturated rings. The van der Waals surface area contributed by atoms with Crippen LogP contribution in [0.2, 0.25) is 0 Å². The van der Waals surface area contributed by atoms with Gasteiger partial charge in [0.2, 0.25) is 0 Å². The van der Waals surface area contributed by atoms with E-state index in [1.165, 1.54) is 6.07 Å². The van der Waals surface area contributed by atoms with Gasteiger partial charge in [0.1, 0.15) is 17.0 Å². The predicted molar refractivity (Wildman–Crippen MR) is 68.2 cm³/mol. The van der Waals surface area contributed by atoms with Crippen molar-refractivity contribution < 1.29 is 8.81 Å². The summed E-state index contributed by atoms with van der Waals surface area (Å²) in [5, 5.41) is -0.428. The highest BCUT2D eigenvalue weighted by atomic mass is 79.9. The van der Waals surface area contributed by atoms with Crippen LogP contribution < -0.4 is 0 Å². The van der Waals surface area contributed by atoms with Crippen LogP contribution in [0.1, 0.15) is 16.7 Å². The maximum Gasteiger partial charge on any atom is 0.169 e. The highest BCUT2D eigenvalue weighted by Gasteiger charge is 2.15. The lowest BCUT2D eigenvalue weighted by Gasteiger charge is -2.07. The molecular weight excluding hydrogens is 362 g/mol. The molecule has 1 aromatic carbocycles. The minimum atomic E-state index is -0.428. The first-order valence-electron chi connectivity index (χ1n) is 4.42. The van der Waals surface area contributed by atoms with E-state index in [9.17, 15) is 4.39 Å². The Labute approximate surface area is 114 Å². The summed E-state index contributed by atoms with van der Waals surface area (Å²) in [5.41, 5.74) is 0.775. The van der Waals surface area contributed by atoms with E-state index < -0.39 is 5.38 Å². The summed E-state index contributed by atoms with van der Waals surface area (Å²) >= 11 is 12.5. The van der Waals surface area contributed by atoms with E-state index in [2.05, 4.69) is 31.9 Å². The van der Waals surface area contributed by atoms with Gasteiger partial charge in [0.15, 0.2) is 4.67 Å². The van der Waals surface area contributed by atoms with Gasteiger partial charge in [-0.25, -0.2) is 4.39 Å². The molecule has 0 amide bonds. The Morgan fingerprint density at radius 1 is 1.19 bits per heavy atom. The summed E-state index contributed by atoms with van der Waals surface area (Å²) in [7, 11) is 0. The Hall–Kier alpha value is -0.320. The van der Waals surface area contributed by atoms with Crippen molar-refractivity contribution in [2.75, 3.05) is 0 Å². The second-order valence-corrected chi connectivity index (χ2v) is 5.25. The van der Waals surface area contributed by atoms with Crippen molar-refractivity contribution in [1.29, 1.82) is 0 Å². The molecule has 0 N–H and O–H groups in total. The molecule has 1 atom stereocenters. The van der Waals surface area contributed by atoms with Gasteiger partial charge in [-0.05, 0) is 61.7 Å². The molecule has 0 saturated carbocycles. The molecule has 0 saturated heterocycles. The van der Waals surface area contributed by atoms with Crippen molar-refractivity contribution in [3.05, 3.63) is 56.6 Å². The Morgan fingerprint density at radius 3 is 2.50 bits per heavy atom. The molecule has 84 valence electrons. The van der Waals surface area contributed by atoms with Crippen molar-refractivity contribution in [2.45, 2.75) is 5.38 Å². The highest BCUT2D eigenvalue weighted by Crippen LogP contribution is 2.33. The van der Waals surface area contributed by atoms with Crippen molar-refractivity contribution in [3.63, 3.8) is 0 Å². The minimum absolute atomic E-state index is 0.312. The lowest BCUT2D eigenvalue weighted by atomic mass is 10.1. The van der Waals surface area contributed by atoms with E-state index in [0.29, 0.717) is 14.9 Å². The lowest BCUT2D eigenvalue weighted by Crippen LogP contribution is -1.92. The number of hydrogen-bond donors (Lipinski definition) is 0. The standard InChI is InChI=1S/C11H6Br2ClFO/c12-7-5-6(1-2-8(7)15)11(14)9-3-4-10(13)16-9/h1-5,11H. The van der Waals surface area contributed by atoms with Crippen molar-refractivity contribution >= 4 is 43.5 Å². The van der Waals surface area contributed by atoms with E-state index in [4.69, 9.17) is 16.0 Å². The molecule has 1 aromatic heterocycles. The van der Waals surface area contributed by atoms with Crippen molar-refractivity contribution in [3.8, 4) is 0 Å². The van der Waals surface area contributed by atoms with E-state index in [-0.39, 0.29) is 5.82 Å². The molecular formula is C11H6Br2ClFO. The first-order valence-corrected chi connectivity index (χ1v) is 6.44. The van der Waals surface area contributed by atoms with Crippen LogP contribution in [-0.2, 0) is 0 Å². The first kappa shape index (κ1) is 12.1. The third-order valence-corrected chi connectivity index (χ3v) is 3.58. The molecule has 0 bridgehead atoms. The predicted octanol–water partition coefficient (Wildman–Crippen LogP) is 5.27. The van der Waals surface area contributed by atoms with Gasteiger partial charge in [-0.3, -0.25) is 0 Å². The maximum atomic E-state index is 13.0. The zero-order chi connectivity index (χ0) is 11.7. The summed E-state index contributed by atoms with van der Waals surface area (Å²) in [6.45, 7) is 0. The van der Waals surface area contributed by atoms with Crippen LogP contribution in [0.15, 0.2) is 43.9 Å². The molecule has 0 aliphatic heterocycles. The first-order chi connectivity index (χ1) is 7.58. The van der Waals surface area contributed by atoms with Crippen LogP contribution in [-0.4, -0.2) is 0 Å².